The highest BCUT2D eigenvalue weighted by Crippen LogP contribution is 2.37. The molecule has 1 aliphatic carbocycles. The number of hydrogen-bond acceptors (Lipinski definition) is 3. The van der Waals surface area contributed by atoms with Crippen LogP contribution in [0.15, 0.2) is 23.2 Å². The Morgan fingerprint density at radius 1 is 0.964 bits per heavy atom. The molecule has 0 aromatic rings. The van der Waals surface area contributed by atoms with E-state index in [0.717, 1.165) is 38.2 Å². The fraction of sp³-hybridized carbons (Fsp3) is 0.826. The lowest BCUT2D eigenvalue weighted by molar-refractivity contribution is -0.0612. The minimum Gasteiger partial charge on any atom is -0.498 e. The number of ether oxygens (including phenoxy) is 3. The van der Waals surface area contributed by atoms with E-state index in [-0.39, 0.29) is 11.5 Å². The maximum Gasteiger partial charge on any atom is 0.199 e. The van der Waals surface area contributed by atoms with Gasteiger partial charge in [-0.2, -0.15) is 8.78 Å². The highest BCUT2D eigenvalue weighted by atomic mass is 19.2. The maximum absolute atomic E-state index is 14.3. The molecule has 28 heavy (non-hydrogen) atoms. The van der Waals surface area contributed by atoms with Crippen molar-refractivity contribution in [2.45, 2.75) is 84.7 Å². The van der Waals surface area contributed by atoms with Crippen LogP contribution in [0.1, 0.15) is 78.6 Å². The summed E-state index contributed by atoms with van der Waals surface area (Å²) in [5.74, 6) is -0.114. The second-order valence-electron chi connectivity index (χ2n) is 8.36. The van der Waals surface area contributed by atoms with Gasteiger partial charge in [-0.3, -0.25) is 0 Å². The average molecular weight is 401 g/mol. The van der Waals surface area contributed by atoms with Crippen LogP contribution in [0.2, 0.25) is 0 Å². The summed E-state index contributed by atoms with van der Waals surface area (Å²) in [5, 5.41) is 0. The lowest BCUT2D eigenvalue weighted by Crippen LogP contribution is -2.34. The van der Waals surface area contributed by atoms with Crippen molar-refractivity contribution in [2.75, 3.05) is 20.3 Å². The van der Waals surface area contributed by atoms with Gasteiger partial charge in [0.2, 0.25) is 0 Å². The molecule has 1 saturated heterocycles. The molecule has 1 heterocycles. The summed E-state index contributed by atoms with van der Waals surface area (Å²) in [6, 6.07) is 0. The number of halogens is 2. The molecule has 0 spiro atoms. The minimum atomic E-state index is -0.973. The fourth-order valence-corrected chi connectivity index (χ4v) is 4.47. The van der Waals surface area contributed by atoms with Crippen molar-refractivity contribution in [1.29, 1.82) is 0 Å². The normalized spacial score (nSPS) is 30.4. The molecule has 0 aromatic carbocycles. The highest BCUT2D eigenvalue weighted by Gasteiger charge is 2.31. The van der Waals surface area contributed by atoms with Crippen LogP contribution in [0.4, 0.5) is 8.78 Å². The van der Waals surface area contributed by atoms with Gasteiger partial charge in [-0.25, -0.2) is 0 Å². The van der Waals surface area contributed by atoms with Gasteiger partial charge in [-0.05, 0) is 69.6 Å². The van der Waals surface area contributed by atoms with Gasteiger partial charge in [0.05, 0.1) is 19.8 Å². The van der Waals surface area contributed by atoms with Gasteiger partial charge in [0.15, 0.2) is 11.7 Å². The van der Waals surface area contributed by atoms with E-state index in [1.54, 1.807) is 6.92 Å². The van der Waals surface area contributed by atoms with Crippen LogP contribution < -0.4 is 0 Å². The van der Waals surface area contributed by atoms with Crippen LogP contribution in [0, 0.1) is 17.8 Å². The summed E-state index contributed by atoms with van der Waals surface area (Å²) in [7, 11) is 1.33. The molecule has 2 atom stereocenters. The van der Waals surface area contributed by atoms with Crippen molar-refractivity contribution >= 4 is 0 Å². The van der Waals surface area contributed by atoms with Crippen LogP contribution in [0.25, 0.3) is 0 Å². The van der Waals surface area contributed by atoms with Crippen molar-refractivity contribution in [3.8, 4) is 0 Å². The SMILES string of the molecule is CCCC1CCC(C2CCC(CO/C(CC)=C(F)/C(F)=C(\C)OC)CC2)OC1. The first-order chi connectivity index (χ1) is 13.5. The molecular weight excluding hydrogens is 362 g/mol. The molecule has 0 N–H and O–H groups in total. The van der Waals surface area contributed by atoms with Gasteiger partial charge in [0, 0.05) is 13.0 Å². The Bertz CT molecular complexity index is 528. The topological polar surface area (TPSA) is 27.7 Å². The largest absolute Gasteiger partial charge is 0.498 e. The summed E-state index contributed by atoms with van der Waals surface area (Å²) >= 11 is 0. The van der Waals surface area contributed by atoms with E-state index < -0.39 is 11.7 Å². The molecule has 162 valence electrons. The molecular formula is C23H38F2O3. The van der Waals surface area contributed by atoms with Crippen LogP contribution in [-0.2, 0) is 14.2 Å². The van der Waals surface area contributed by atoms with Crippen molar-refractivity contribution in [1.82, 2.24) is 0 Å². The molecule has 2 unspecified atom stereocenters. The Kier molecular flexibility index (Phi) is 9.76. The number of rotatable bonds is 9. The first kappa shape index (κ1) is 23.2. The third kappa shape index (κ3) is 6.47. The highest BCUT2D eigenvalue weighted by molar-refractivity contribution is 5.24. The standard InChI is InChI=1S/C23H38F2O3/c1-5-7-17-10-13-21(28-14-17)19-11-8-18(9-12-19)15-27-20(6-2)23(25)22(24)16(3)26-4/h17-19,21H,5-15H2,1-4H3/b22-16-,23-20-. The predicted molar refractivity (Wildman–Crippen MR) is 108 cm³/mol. The Hall–Kier alpha value is -1.10. The van der Waals surface area contributed by atoms with Gasteiger partial charge in [-0.15, -0.1) is 0 Å². The third-order valence-corrected chi connectivity index (χ3v) is 6.39. The lowest BCUT2D eigenvalue weighted by atomic mass is 9.77. The maximum atomic E-state index is 14.3. The van der Waals surface area contributed by atoms with Crippen LogP contribution in [-0.4, -0.2) is 26.4 Å². The Balaban J connectivity index is 1.78. The second kappa shape index (κ2) is 11.8. The molecule has 0 radical (unpaired) electrons. The van der Waals surface area contributed by atoms with E-state index in [1.807, 2.05) is 0 Å². The molecule has 2 rings (SSSR count). The van der Waals surface area contributed by atoms with E-state index >= 15 is 0 Å². The quantitative estimate of drug-likeness (QED) is 0.313. The van der Waals surface area contributed by atoms with E-state index in [9.17, 15) is 8.78 Å². The molecule has 2 fully saturated rings. The molecule has 1 aliphatic heterocycles. The number of methoxy groups -OCH3 is 1. The Labute approximate surface area is 169 Å². The zero-order chi connectivity index (χ0) is 20.5. The van der Waals surface area contributed by atoms with E-state index in [0.29, 0.717) is 31.0 Å². The van der Waals surface area contributed by atoms with E-state index in [1.165, 1.54) is 39.7 Å². The summed E-state index contributed by atoms with van der Waals surface area (Å²) < 4.78 is 44.8. The smallest absolute Gasteiger partial charge is 0.199 e. The van der Waals surface area contributed by atoms with Crippen LogP contribution in [0.5, 0.6) is 0 Å². The summed E-state index contributed by atoms with van der Waals surface area (Å²) in [6.07, 6.45) is 10.1. The van der Waals surface area contributed by atoms with Gasteiger partial charge in [0.25, 0.3) is 0 Å². The van der Waals surface area contributed by atoms with Crippen molar-refractivity contribution in [3.05, 3.63) is 23.2 Å². The molecule has 3 nitrogen and oxygen atoms in total. The fourth-order valence-electron chi connectivity index (χ4n) is 4.47. The zero-order valence-electron chi connectivity index (χ0n) is 18.1. The van der Waals surface area contributed by atoms with Crippen molar-refractivity contribution in [3.63, 3.8) is 0 Å². The number of hydrogen-bond donors (Lipinski definition) is 0. The van der Waals surface area contributed by atoms with E-state index in [4.69, 9.17) is 14.2 Å². The summed E-state index contributed by atoms with van der Waals surface area (Å²) in [4.78, 5) is 0. The molecule has 5 heteroatoms. The van der Waals surface area contributed by atoms with Gasteiger partial charge < -0.3 is 14.2 Å². The molecule has 1 saturated carbocycles. The lowest BCUT2D eigenvalue weighted by Gasteiger charge is -2.37. The molecule has 0 amide bonds. The monoisotopic (exact) mass is 400 g/mol. The Morgan fingerprint density at radius 2 is 1.64 bits per heavy atom. The van der Waals surface area contributed by atoms with Gasteiger partial charge in [-0.1, -0.05) is 20.3 Å². The molecule has 2 aliphatic rings. The molecule has 0 aromatic heterocycles. The van der Waals surface area contributed by atoms with Crippen LogP contribution >= 0.6 is 0 Å². The molecule has 0 bridgehead atoms. The summed E-state index contributed by atoms with van der Waals surface area (Å²) in [6.45, 7) is 6.79. The zero-order valence-corrected chi connectivity index (χ0v) is 18.1. The van der Waals surface area contributed by atoms with E-state index in [2.05, 4.69) is 6.92 Å². The average Bonchev–Trinajstić information content (AvgIpc) is 2.74. The second-order valence-corrected chi connectivity index (χ2v) is 8.36. The third-order valence-electron chi connectivity index (χ3n) is 6.39. The number of allylic oxidation sites excluding steroid dienone is 4. The van der Waals surface area contributed by atoms with Crippen molar-refractivity contribution < 1.29 is 23.0 Å². The van der Waals surface area contributed by atoms with Gasteiger partial charge >= 0.3 is 0 Å². The first-order valence-corrected chi connectivity index (χ1v) is 11.0. The summed E-state index contributed by atoms with van der Waals surface area (Å²) in [5.41, 5.74) is 0. The van der Waals surface area contributed by atoms with Crippen molar-refractivity contribution in [2.24, 2.45) is 17.8 Å². The Morgan fingerprint density at radius 3 is 2.18 bits per heavy atom. The predicted octanol–water partition coefficient (Wildman–Crippen LogP) is 6.84. The minimum absolute atomic E-state index is 0.0683. The van der Waals surface area contributed by atoms with Crippen LogP contribution in [0.3, 0.4) is 0 Å². The van der Waals surface area contributed by atoms with Gasteiger partial charge in [0.1, 0.15) is 11.5 Å². The first-order valence-electron chi connectivity index (χ1n) is 11.0.